The van der Waals surface area contributed by atoms with Gasteiger partial charge in [0, 0.05) is 18.5 Å². The number of rotatable bonds is 7. The first kappa shape index (κ1) is 19.2. The van der Waals surface area contributed by atoms with E-state index in [4.69, 9.17) is 21.3 Å². The lowest BCUT2D eigenvalue weighted by Crippen LogP contribution is -2.26. The average molecular weight is 386 g/mol. The minimum absolute atomic E-state index is 0.0671. The second-order valence-corrected chi connectivity index (χ2v) is 7.05. The Bertz CT molecular complexity index is 952. The van der Waals surface area contributed by atoms with Crippen LogP contribution in [0.5, 0.6) is 5.75 Å². The van der Waals surface area contributed by atoms with Gasteiger partial charge in [0.1, 0.15) is 11.6 Å². The Morgan fingerprint density at radius 3 is 2.81 bits per heavy atom. The first-order valence-corrected chi connectivity index (χ1v) is 9.44. The van der Waals surface area contributed by atoms with E-state index < -0.39 is 0 Å². The fourth-order valence-corrected chi connectivity index (χ4v) is 3.27. The summed E-state index contributed by atoms with van der Waals surface area (Å²) in [7, 11) is 0. The lowest BCUT2D eigenvalue weighted by molar-refractivity contribution is -0.119. The highest BCUT2D eigenvalue weighted by Crippen LogP contribution is 2.23. The van der Waals surface area contributed by atoms with Gasteiger partial charge in [-0.05, 0) is 56.2 Å². The first-order valence-electron chi connectivity index (χ1n) is 9.07. The Hall–Kier alpha value is -2.53. The van der Waals surface area contributed by atoms with Crippen molar-refractivity contribution < 1.29 is 9.53 Å². The third-order valence-corrected chi connectivity index (χ3v) is 4.84. The third-order valence-electron chi connectivity index (χ3n) is 4.42. The molecule has 0 fully saturated rings. The van der Waals surface area contributed by atoms with Crippen molar-refractivity contribution in [3.63, 3.8) is 0 Å². The molecule has 0 saturated carbocycles. The number of hydrogen-bond acceptors (Lipinski definition) is 3. The van der Waals surface area contributed by atoms with Crippen LogP contribution in [-0.4, -0.2) is 22.1 Å². The second-order valence-electron chi connectivity index (χ2n) is 6.65. The molecule has 0 saturated heterocycles. The monoisotopic (exact) mass is 385 g/mol. The lowest BCUT2D eigenvalue weighted by Gasteiger charge is -2.15. The number of benzene rings is 2. The molecule has 1 unspecified atom stereocenters. The highest BCUT2D eigenvalue weighted by Gasteiger charge is 2.17. The number of hydrogen-bond donors (Lipinski definition) is 1. The molecule has 1 heterocycles. The van der Waals surface area contributed by atoms with Gasteiger partial charge in [-0.25, -0.2) is 4.98 Å². The number of carbonyl (C=O) groups is 1. The van der Waals surface area contributed by atoms with E-state index in [-0.39, 0.29) is 11.9 Å². The van der Waals surface area contributed by atoms with Crippen LogP contribution < -0.4 is 10.1 Å². The van der Waals surface area contributed by atoms with E-state index in [1.165, 1.54) is 6.92 Å². The van der Waals surface area contributed by atoms with Gasteiger partial charge in [0.2, 0.25) is 5.91 Å². The van der Waals surface area contributed by atoms with Crippen LogP contribution in [0.1, 0.15) is 37.7 Å². The van der Waals surface area contributed by atoms with E-state index in [0.717, 1.165) is 46.2 Å². The molecule has 5 nitrogen and oxygen atoms in total. The normalized spacial score (nSPS) is 12.1. The molecule has 27 heavy (non-hydrogen) atoms. The number of aromatic nitrogens is 2. The largest absolute Gasteiger partial charge is 0.494 e. The van der Waals surface area contributed by atoms with Crippen molar-refractivity contribution >= 4 is 28.5 Å². The Morgan fingerprint density at radius 1 is 1.30 bits per heavy atom. The van der Waals surface area contributed by atoms with Crippen molar-refractivity contribution in [2.45, 2.75) is 39.8 Å². The molecule has 2 aromatic carbocycles. The Balaban J connectivity index is 1.71. The van der Waals surface area contributed by atoms with Crippen LogP contribution in [0.4, 0.5) is 0 Å². The van der Waals surface area contributed by atoms with Gasteiger partial charge in [0.25, 0.3) is 0 Å². The quantitative estimate of drug-likeness (QED) is 0.601. The summed E-state index contributed by atoms with van der Waals surface area (Å²) in [6.45, 7) is 6.77. The van der Waals surface area contributed by atoms with Crippen LogP contribution in [0.15, 0.2) is 42.5 Å². The number of imidazole rings is 1. The molecular formula is C21H24ClN3O2. The smallest absolute Gasteiger partial charge is 0.217 e. The Kier molecular flexibility index (Phi) is 6.01. The molecule has 0 aliphatic carbocycles. The number of aryl methyl sites for hydroxylation is 2. The van der Waals surface area contributed by atoms with E-state index >= 15 is 0 Å². The van der Waals surface area contributed by atoms with Crippen molar-refractivity contribution in [3.8, 4) is 5.75 Å². The zero-order chi connectivity index (χ0) is 19.4. The van der Waals surface area contributed by atoms with Crippen molar-refractivity contribution in [3.05, 3.63) is 58.9 Å². The average Bonchev–Trinajstić information content (AvgIpc) is 3.00. The van der Waals surface area contributed by atoms with Crippen LogP contribution in [0.3, 0.4) is 0 Å². The molecule has 0 spiro atoms. The molecule has 1 atom stereocenters. The number of fused-ring (bicyclic) bond motifs is 1. The zero-order valence-corrected chi connectivity index (χ0v) is 16.6. The van der Waals surface area contributed by atoms with Gasteiger partial charge in [0.05, 0.1) is 23.7 Å². The summed E-state index contributed by atoms with van der Waals surface area (Å²) >= 11 is 6.05. The van der Waals surface area contributed by atoms with Crippen molar-refractivity contribution in [1.29, 1.82) is 0 Å². The van der Waals surface area contributed by atoms with Crippen LogP contribution in [0.2, 0.25) is 5.02 Å². The minimum atomic E-state index is -0.158. The molecule has 1 N–H and O–H groups in total. The number of ether oxygens (including phenoxy) is 1. The van der Waals surface area contributed by atoms with Gasteiger partial charge < -0.3 is 14.6 Å². The first-order chi connectivity index (χ1) is 13.0. The van der Waals surface area contributed by atoms with Crippen molar-refractivity contribution in [2.24, 2.45) is 0 Å². The van der Waals surface area contributed by atoms with E-state index in [0.29, 0.717) is 6.61 Å². The summed E-state index contributed by atoms with van der Waals surface area (Å²) in [5.41, 5.74) is 2.99. The number of halogens is 1. The SMILES string of the molecule is CC(=O)NC(C)c1nc2ccccc2n1CCCOc1ccc(Cl)c(C)c1. The van der Waals surface area contributed by atoms with Crippen molar-refractivity contribution in [1.82, 2.24) is 14.9 Å². The summed E-state index contributed by atoms with van der Waals surface area (Å²) in [4.78, 5) is 16.2. The zero-order valence-electron chi connectivity index (χ0n) is 15.8. The number of nitrogens with one attached hydrogen (secondary N) is 1. The maximum atomic E-state index is 11.4. The molecule has 0 bridgehead atoms. The van der Waals surface area contributed by atoms with Gasteiger partial charge in [-0.3, -0.25) is 4.79 Å². The summed E-state index contributed by atoms with van der Waals surface area (Å²) in [6.07, 6.45) is 0.821. The topological polar surface area (TPSA) is 56.2 Å². The van der Waals surface area contributed by atoms with Gasteiger partial charge >= 0.3 is 0 Å². The predicted octanol–water partition coefficient (Wildman–Crippen LogP) is 4.66. The van der Waals surface area contributed by atoms with Crippen LogP contribution in [-0.2, 0) is 11.3 Å². The molecule has 142 valence electrons. The van der Waals surface area contributed by atoms with Gasteiger partial charge in [0.15, 0.2) is 0 Å². The molecule has 3 rings (SSSR count). The maximum absolute atomic E-state index is 11.4. The number of para-hydroxylation sites is 2. The number of carbonyl (C=O) groups excluding carboxylic acids is 1. The molecule has 3 aromatic rings. The fraction of sp³-hybridized carbons (Fsp3) is 0.333. The fourth-order valence-electron chi connectivity index (χ4n) is 3.15. The number of amides is 1. The third kappa shape index (κ3) is 4.61. The Labute approximate surface area is 164 Å². The van der Waals surface area contributed by atoms with E-state index in [1.54, 1.807) is 0 Å². The predicted molar refractivity (Wildman–Crippen MR) is 108 cm³/mol. The van der Waals surface area contributed by atoms with Gasteiger partial charge in [-0.2, -0.15) is 0 Å². The molecule has 0 aliphatic heterocycles. The molecular weight excluding hydrogens is 362 g/mol. The van der Waals surface area contributed by atoms with E-state index in [9.17, 15) is 4.79 Å². The summed E-state index contributed by atoms with van der Waals surface area (Å²) in [5, 5.41) is 3.66. The van der Waals surface area contributed by atoms with E-state index in [2.05, 4.69) is 16.0 Å². The van der Waals surface area contributed by atoms with E-state index in [1.807, 2.05) is 50.2 Å². The minimum Gasteiger partial charge on any atom is -0.494 e. The maximum Gasteiger partial charge on any atom is 0.217 e. The molecule has 1 aromatic heterocycles. The van der Waals surface area contributed by atoms with Crippen LogP contribution in [0.25, 0.3) is 11.0 Å². The van der Waals surface area contributed by atoms with Gasteiger partial charge in [-0.15, -0.1) is 0 Å². The molecule has 1 amide bonds. The Morgan fingerprint density at radius 2 is 2.07 bits per heavy atom. The number of nitrogens with zero attached hydrogens (tertiary/aromatic N) is 2. The van der Waals surface area contributed by atoms with Crippen LogP contribution in [0, 0.1) is 6.92 Å². The summed E-state index contributed by atoms with van der Waals surface area (Å²) < 4.78 is 8.01. The molecule has 0 radical (unpaired) electrons. The summed E-state index contributed by atoms with van der Waals surface area (Å²) in [6, 6.07) is 13.5. The summed E-state index contributed by atoms with van der Waals surface area (Å²) in [5.74, 6) is 1.61. The highest BCUT2D eigenvalue weighted by molar-refractivity contribution is 6.31. The highest BCUT2D eigenvalue weighted by atomic mass is 35.5. The molecule has 0 aliphatic rings. The molecule has 6 heteroatoms. The standard InChI is InChI=1S/C21H24ClN3O2/c1-14-13-17(9-10-18(14)22)27-12-6-11-25-20-8-5-4-7-19(20)24-21(25)15(2)23-16(3)26/h4-5,7-10,13,15H,6,11-12H2,1-3H3,(H,23,26). The lowest BCUT2D eigenvalue weighted by atomic mass is 10.2. The van der Waals surface area contributed by atoms with Crippen LogP contribution >= 0.6 is 11.6 Å². The van der Waals surface area contributed by atoms with Gasteiger partial charge in [-0.1, -0.05) is 23.7 Å². The second kappa shape index (κ2) is 8.44. The van der Waals surface area contributed by atoms with Crippen molar-refractivity contribution in [2.75, 3.05) is 6.61 Å².